The lowest BCUT2D eigenvalue weighted by Gasteiger charge is -2.33. The van der Waals surface area contributed by atoms with E-state index >= 15 is 0 Å². The molecule has 0 aromatic heterocycles. The number of nitrogens with one attached hydrogen (secondary N) is 2. The molecule has 1 spiro atoms. The van der Waals surface area contributed by atoms with Gasteiger partial charge in [-0.2, -0.15) is 0 Å². The van der Waals surface area contributed by atoms with Crippen molar-refractivity contribution in [2.75, 3.05) is 26.2 Å². The molecule has 2 aromatic carbocycles. The van der Waals surface area contributed by atoms with Crippen LogP contribution in [-0.4, -0.2) is 62.5 Å². The van der Waals surface area contributed by atoms with Gasteiger partial charge >= 0.3 is 0 Å². The van der Waals surface area contributed by atoms with Gasteiger partial charge in [0, 0.05) is 24.7 Å². The van der Waals surface area contributed by atoms with Crippen LogP contribution >= 0.6 is 11.6 Å². The number of nitrogens with zero attached hydrogens (tertiary/aromatic N) is 1. The molecule has 1 fully saturated rings. The predicted octanol–water partition coefficient (Wildman–Crippen LogP) is 3.83. The molecule has 0 saturated heterocycles. The Morgan fingerprint density at radius 1 is 1.12 bits per heavy atom. The van der Waals surface area contributed by atoms with E-state index in [2.05, 4.69) is 10.0 Å². The van der Waals surface area contributed by atoms with Crippen LogP contribution in [0.4, 0.5) is 0 Å². The van der Waals surface area contributed by atoms with Crippen molar-refractivity contribution in [1.29, 1.82) is 0 Å². The number of carbonyl (C=O) groups excluding carboxylic acids is 2. The standard InChI is InChI=1S/C31H41ClN4O5S/c1-4-36(28(37)24(18-34-29(38)30(2,3)33)21-41-20-22-10-6-5-7-11-22)19-26-27(23-12-14-25(32)15-13-23)42(39,40)35-31(26)16-8-9-17-31/h5-7,10-15,24,35H,4,8-9,16-21,33H2,1-3H3,(H,34,38). The van der Waals surface area contributed by atoms with E-state index in [1.807, 2.05) is 37.3 Å². The summed E-state index contributed by atoms with van der Waals surface area (Å²) in [4.78, 5) is 28.5. The normalized spacial score (nSPS) is 18.3. The Kier molecular flexibility index (Phi) is 10.2. The zero-order chi connectivity index (χ0) is 30.5. The Bertz CT molecular complexity index is 1400. The quantitative estimate of drug-likeness (QED) is 0.332. The van der Waals surface area contributed by atoms with Crippen molar-refractivity contribution >= 4 is 38.3 Å². The molecule has 4 rings (SSSR count). The van der Waals surface area contributed by atoms with Crippen LogP contribution in [0.25, 0.3) is 4.91 Å². The number of nitrogens with two attached hydrogens (primary N) is 1. The Hall–Kier alpha value is -2.76. The van der Waals surface area contributed by atoms with E-state index in [9.17, 15) is 18.0 Å². The van der Waals surface area contributed by atoms with Gasteiger partial charge in [-0.3, -0.25) is 9.59 Å². The SMILES string of the molecule is CCN(CC1=C(c2ccc(Cl)cc2)S(=O)(=O)NC12CCCC2)C(=O)C(CNC(=O)C(C)(C)N)COCc1ccccc1. The molecule has 0 radical (unpaired) electrons. The minimum atomic E-state index is -3.82. The van der Waals surface area contributed by atoms with E-state index in [0.29, 0.717) is 42.2 Å². The molecule has 2 aromatic rings. The summed E-state index contributed by atoms with van der Waals surface area (Å²) >= 11 is 6.11. The summed E-state index contributed by atoms with van der Waals surface area (Å²) in [5, 5.41) is 3.31. The number of ether oxygens (including phenoxy) is 1. The highest BCUT2D eigenvalue weighted by Gasteiger charge is 2.50. The van der Waals surface area contributed by atoms with E-state index in [-0.39, 0.29) is 36.4 Å². The van der Waals surface area contributed by atoms with Gasteiger partial charge < -0.3 is 20.7 Å². The average molecular weight is 617 g/mol. The van der Waals surface area contributed by atoms with Crippen LogP contribution in [-0.2, 0) is 31.0 Å². The lowest BCUT2D eigenvalue weighted by Crippen LogP contribution is -2.52. The van der Waals surface area contributed by atoms with E-state index in [0.717, 1.165) is 18.4 Å². The molecule has 1 aliphatic carbocycles. The fraction of sp³-hybridized carbons (Fsp3) is 0.484. The van der Waals surface area contributed by atoms with Gasteiger partial charge in [0.1, 0.15) is 0 Å². The molecule has 2 amide bonds. The molecule has 9 nitrogen and oxygen atoms in total. The Morgan fingerprint density at radius 3 is 2.36 bits per heavy atom. The second-order valence-corrected chi connectivity index (χ2v) is 13.7. The number of amides is 2. The first-order chi connectivity index (χ1) is 19.9. The highest BCUT2D eigenvalue weighted by Crippen LogP contribution is 2.47. The van der Waals surface area contributed by atoms with Crippen LogP contribution in [0.15, 0.2) is 60.2 Å². The average Bonchev–Trinajstić information content (AvgIpc) is 3.49. The number of sulfonamides is 1. The Balaban J connectivity index is 1.63. The van der Waals surface area contributed by atoms with Gasteiger partial charge in [0.15, 0.2) is 0 Å². The first-order valence-electron chi connectivity index (χ1n) is 14.4. The van der Waals surface area contributed by atoms with Crippen molar-refractivity contribution in [3.63, 3.8) is 0 Å². The predicted molar refractivity (Wildman–Crippen MR) is 165 cm³/mol. The number of rotatable bonds is 12. The second kappa shape index (κ2) is 13.3. The molecule has 1 unspecified atom stereocenters. The van der Waals surface area contributed by atoms with Crippen molar-refractivity contribution in [2.45, 2.75) is 64.1 Å². The maximum Gasteiger partial charge on any atom is 0.242 e. The van der Waals surface area contributed by atoms with Crippen LogP contribution in [0.5, 0.6) is 0 Å². The summed E-state index contributed by atoms with van der Waals surface area (Å²) in [5.74, 6) is -1.32. The van der Waals surface area contributed by atoms with E-state index in [4.69, 9.17) is 22.1 Å². The first-order valence-corrected chi connectivity index (χ1v) is 16.2. The van der Waals surface area contributed by atoms with Crippen molar-refractivity contribution < 1.29 is 22.7 Å². The third-order valence-corrected chi connectivity index (χ3v) is 9.86. The summed E-state index contributed by atoms with van der Waals surface area (Å²) in [6.07, 6.45) is 3.10. The zero-order valence-corrected chi connectivity index (χ0v) is 26.1. The number of likely N-dealkylation sites (N-methyl/N-ethyl adjacent to an activating group) is 1. The van der Waals surface area contributed by atoms with E-state index in [1.165, 1.54) is 0 Å². The summed E-state index contributed by atoms with van der Waals surface area (Å²) in [6, 6.07) is 16.4. The first kappa shape index (κ1) is 32.2. The minimum Gasteiger partial charge on any atom is -0.376 e. The lowest BCUT2D eigenvalue weighted by atomic mass is 9.86. The highest BCUT2D eigenvalue weighted by molar-refractivity contribution is 7.99. The molecule has 2 aliphatic rings. The van der Waals surface area contributed by atoms with E-state index in [1.54, 1.807) is 43.0 Å². The van der Waals surface area contributed by atoms with Crippen LogP contribution in [0.2, 0.25) is 5.02 Å². The molecule has 1 saturated carbocycles. The Labute approximate surface area is 253 Å². The summed E-state index contributed by atoms with van der Waals surface area (Å²) in [6.45, 7) is 5.95. The minimum absolute atomic E-state index is 0.0361. The topological polar surface area (TPSA) is 131 Å². The molecular weight excluding hydrogens is 576 g/mol. The largest absolute Gasteiger partial charge is 0.376 e. The second-order valence-electron chi connectivity index (χ2n) is 11.7. The summed E-state index contributed by atoms with van der Waals surface area (Å²) < 4.78 is 36.0. The van der Waals surface area contributed by atoms with Crippen molar-refractivity contribution in [3.05, 3.63) is 76.3 Å². The third kappa shape index (κ3) is 7.41. The molecule has 42 heavy (non-hydrogen) atoms. The lowest BCUT2D eigenvalue weighted by molar-refractivity contribution is -0.137. The van der Waals surface area contributed by atoms with Crippen LogP contribution in [0.1, 0.15) is 57.6 Å². The molecule has 0 bridgehead atoms. The van der Waals surface area contributed by atoms with Gasteiger partial charge in [-0.15, -0.1) is 0 Å². The highest BCUT2D eigenvalue weighted by atomic mass is 35.5. The van der Waals surface area contributed by atoms with Gasteiger partial charge in [-0.25, -0.2) is 13.1 Å². The number of hydrogen-bond donors (Lipinski definition) is 3. The third-order valence-electron chi connectivity index (χ3n) is 7.93. The number of benzene rings is 2. The van der Waals surface area contributed by atoms with Crippen LogP contribution < -0.4 is 15.8 Å². The van der Waals surface area contributed by atoms with Crippen molar-refractivity contribution in [2.24, 2.45) is 11.7 Å². The van der Waals surface area contributed by atoms with Gasteiger partial charge in [0.2, 0.25) is 21.8 Å². The smallest absolute Gasteiger partial charge is 0.242 e. The molecule has 228 valence electrons. The Morgan fingerprint density at radius 2 is 1.76 bits per heavy atom. The zero-order valence-electron chi connectivity index (χ0n) is 24.5. The monoisotopic (exact) mass is 616 g/mol. The van der Waals surface area contributed by atoms with Gasteiger partial charge in [0.05, 0.1) is 35.1 Å². The fourth-order valence-corrected chi connectivity index (χ4v) is 7.74. The maximum absolute atomic E-state index is 14.1. The number of halogens is 1. The van der Waals surface area contributed by atoms with E-state index < -0.39 is 27.0 Å². The van der Waals surface area contributed by atoms with Gasteiger partial charge in [-0.1, -0.05) is 66.9 Å². The number of hydrogen-bond acceptors (Lipinski definition) is 6. The van der Waals surface area contributed by atoms with Crippen LogP contribution in [0, 0.1) is 5.92 Å². The van der Waals surface area contributed by atoms with Crippen molar-refractivity contribution in [3.8, 4) is 0 Å². The molecule has 1 aliphatic heterocycles. The summed E-state index contributed by atoms with van der Waals surface area (Å²) in [5.41, 5.74) is 6.31. The van der Waals surface area contributed by atoms with Crippen molar-refractivity contribution in [1.82, 2.24) is 14.9 Å². The fourth-order valence-electron chi connectivity index (χ4n) is 5.63. The van der Waals surface area contributed by atoms with Gasteiger partial charge in [-0.05, 0) is 62.4 Å². The summed E-state index contributed by atoms with van der Waals surface area (Å²) in [7, 11) is -3.82. The molecule has 4 N–H and O–H groups in total. The maximum atomic E-state index is 14.1. The van der Waals surface area contributed by atoms with Crippen LogP contribution in [0.3, 0.4) is 0 Å². The number of carbonyl (C=O) groups is 2. The van der Waals surface area contributed by atoms with Gasteiger partial charge in [0.25, 0.3) is 0 Å². The molecular formula is C31H41ClN4O5S. The molecule has 11 heteroatoms. The molecule has 1 heterocycles. The molecule has 1 atom stereocenters.